The average molecular weight is 548 g/mol. The van der Waals surface area contributed by atoms with E-state index in [0.29, 0.717) is 5.56 Å². The van der Waals surface area contributed by atoms with Gasteiger partial charge in [-0.05, 0) is 37.0 Å². The maximum absolute atomic E-state index is 13.7. The highest BCUT2D eigenvalue weighted by atomic mass is 35.5. The van der Waals surface area contributed by atoms with Gasteiger partial charge in [0.05, 0.1) is 28.5 Å². The Morgan fingerprint density at radius 2 is 1.81 bits per heavy atom. The van der Waals surface area contributed by atoms with E-state index >= 15 is 0 Å². The number of carbonyl (C=O) groups excluding carboxylic acids is 1. The molecule has 3 aromatic rings. The quantitative estimate of drug-likeness (QED) is 0.415. The van der Waals surface area contributed by atoms with Crippen molar-refractivity contribution in [3.8, 4) is 0 Å². The van der Waals surface area contributed by atoms with Gasteiger partial charge in [-0.2, -0.15) is 0 Å². The minimum Gasteiger partial charge on any atom is -0.329 e. The Morgan fingerprint density at radius 1 is 1.11 bits per heavy atom. The van der Waals surface area contributed by atoms with E-state index in [1.165, 1.54) is 4.90 Å². The largest absolute Gasteiger partial charge is 0.329 e. The molecule has 0 bridgehead atoms. The minimum absolute atomic E-state index is 0.0249. The van der Waals surface area contributed by atoms with Gasteiger partial charge in [0, 0.05) is 12.6 Å². The van der Waals surface area contributed by atoms with Crippen molar-refractivity contribution in [1.29, 1.82) is 0 Å². The van der Waals surface area contributed by atoms with Crippen molar-refractivity contribution in [2.75, 3.05) is 11.5 Å². The fourth-order valence-electron chi connectivity index (χ4n) is 4.11. The van der Waals surface area contributed by atoms with Gasteiger partial charge in [0.2, 0.25) is 15.0 Å². The van der Waals surface area contributed by atoms with Gasteiger partial charge in [0.1, 0.15) is 0 Å². The molecule has 1 unspecified atom stereocenters. The Balaban J connectivity index is 1.69. The predicted octanol–water partition coefficient (Wildman–Crippen LogP) is 3.55. The minimum atomic E-state index is -3.98. The van der Waals surface area contributed by atoms with E-state index in [-0.39, 0.29) is 40.9 Å². The number of benzene rings is 2. The molecule has 2 heterocycles. The monoisotopic (exact) mass is 547 g/mol. The number of halogens is 1. The molecule has 1 saturated heterocycles. The first-order valence-corrected chi connectivity index (χ1v) is 15.2. The van der Waals surface area contributed by atoms with E-state index in [2.05, 4.69) is 9.97 Å². The number of rotatable bonds is 7. The van der Waals surface area contributed by atoms with E-state index in [1.807, 2.05) is 37.3 Å². The maximum atomic E-state index is 13.7. The van der Waals surface area contributed by atoms with Crippen LogP contribution in [0.25, 0.3) is 0 Å². The highest BCUT2D eigenvalue weighted by Crippen LogP contribution is 2.25. The third-order valence-electron chi connectivity index (χ3n) is 6.19. The van der Waals surface area contributed by atoms with Crippen molar-refractivity contribution in [3.05, 3.63) is 87.7 Å². The van der Waals surface area contributed by atoms with Crippen molar-refractivity contribution in [2.45, 2.75) is 43.8 Å². The number of sulfone groups is 2. The molecule has 1 atom stereocenters. The molecule has 4 rings (SSSR count). The van der Waals surface area contributed by atoms with Crippen LogP contribution in [0.2, 0.25) is 5.02 Å². The summed E-state index contributed by atoms with van der Waals surface area (Å²) in [6.45, 7) is 3.88. The second-order valence-corrected chi connectivity index (χ2v) is 13.5. The average Bonchev–Trinajstić information content (AvgIpc) is 3.19. The first-order chi connectivity index (χ1) is 16.9. The molecule has 1 aliphatic heterocycles. The van der Waals surface area contributed by atoms with Gasteiger partial charge < -0.3 is 4.90 Å². The number of aromatic nitrogens is 2. The molecule has 0 N–H and O–H groups in total. The fourth-order valence-corrected chi connectivity index (χ4v) is 7.31. The third kappa shape index (κ3) is 5.93. The summed E-state index contributed by atoms with van der Waals surface area (Å²) in [6, 6.07) is 14.0. The normalized spacial score (nSPS) is 17.1. The van der Waals surface area contributed by atoms with Crippen molar-refractivity contribution < 1.29 is 21.6 Å². The van der Waals surface area contributed by atoms with E-state index in [0.717, 1.165) is 22.9 Å². The van der Waals surface area contributed by atoms with Gasteiger partial charge in [-0.3, -0.25) is 4.79 Å². The van der Waals surface area contributed by atoms with Gasteiger partial charge >= 0.3 is 0 Å². The number of amides is 1. The van der Waals surface area contributed by atoms with Crippen LogP contribution < -0.4 is 0 Å². The summed E-state index contributed by atoms with van der Waals surface area (Å²) in [6.07, 6.45) is 1.38. The zero-order valence-electron chi connectivity index (χ0n) is 19.9. The lowest BCUT2D eigenvalue weighted by molar-refractivity contribution is 0.0674. The van der Waals surface area contributed by atoms with Gasteiger partial charge in [0.15, 0.2) is 15.5 Å². The molecule has 0 saturated carbocycles. The lowest BCUT2D eigenvalue weighted by atomic mass is 10.1. The van der Waals surface area contributed by atoms with Crippen LogP contribution in [0.5, 0.6) is 0 Å². The highest BCUT2D eigenvalue weighted by Gasteiger charge is 2.36. The SMILES string of the molecule is Cc1ccc(CN(C(=O)c2nc(S(=O)(=O)Cc3ccccc3C)ncc2Cl)C2CCS(=O)(=O)C2)cc1. The van der Waals surface area contributed by atoms with E-state index < -0.39 is 36.8 Å². The molecule has 0 radical (unpaired) electrons. The maximum Gasteiger partial charge on any atom is 0.274 e. The Hall–Kier alpha value is -2.82. The van der Waals surface area contributed by atoms with Crippen LogP contribution in [0.3, 0.4) is 0 Å². The zero-order chi connectivity index (χ0) is 26.1. The lowest BCUT2D eigenvalue weighted by Crippen LogP contribution is -2.41. The summed E-state index contributed by atoms with van der Waals surface area (Å²) in [5.41, 5.74) is 2.98. The first-order valence-electron chi connectivity index (χ1n) is 11.3. The Labute approximate surface area is 216 Å². The topological polar surface area (TPSA) is 114 Å². The van der Waals surface area contributed by atoms with Crippen LogP contribution in [-0.4, -0.2) is 55.2 Å². The van der Waals surface area contributed by atoms with Gasteiger partial charge in [-0.15, -0.1) is 0 Å². The molecule has 36 heavy (non-hydrogen) atoms. The first kappa shape index (κ1) is 26.2. The van der Waals surface area contributed by atoms with E-state index in [1.54, 1.807) is 25.1 Å². The lowest BCUT2D eigenvalue weighted by Gasteiger charge is -2.28. The van der Waals surface area contributed by atoms with E-state index in [9.17, 15) is 21.6 Å². The molecular weight excluding hydrogens is 522 g/mol. The summed E-state index contributed by atoms with van der Waals surface area (Å²) in [4.78, 5) is 23.1. The molecule has 0 aliphatic carbocycles. The number of hydrogen-bond donors (Lipinski definition) is 0. The number of carbonyl (C=O) groups is 1. The molecule has 2 aromatic carbocycles. The molecule has 190 valence electrons. The zero-order valence-corrected chi connectivity index (χ0v) is 22.3. The second kappa shape index (κ2) is 10.3. The number of nitrogens with zero attached hydrogens (tertiary/aromatic N) is 3. The van der Waals surface area contributed by atoms with Gasteiger partial charge in [-0.25, -0.2) is 26.8 Å². The standard InChI is InChI=1S/C25H26ClN3O5S2/c1-17-7-9-19(10-8-17)14-29(21-11-12-35(31,32)16-21)24(30)23-22(26)13-27-25(28-23)36(33,34)15-20-6-4-3-5-18(20)2/h3-10,13,21H,11-12,14-16H2,1-2H3. The van der Waals surface area contributed by atoms with Crippen LogP contribution in [-0.2, 0) is 32.0 Å². The molecule has 0 spiro atoms. The highest BCUT2D eigenvalue weighted by molar-refractivity contribution is 7.91. The predicted molar refractivity (Wildman–Crippen MR) is 137 cm³/mol. The summed E-state index contributed by atoms with van der Waals surface area (Å²) in [5.74, 6) is -1.17. The molecular formula is C25H26ClN3O5S2. The summed E-state index contributed by atoms with van der Waals surface area (Å²) < 4.78 is 50.6. The molecule has 1 fully saturated rings. The Bertz CT molecular complexity index is 1510. The fraction of sp³-hybridized carbons (Fsp3) is 0.320. The summed E-state index contributed by atoms with van der Waals surface area (Å²) in [5, 5.41) is -0.613. The second-order valence-electron chi connectivity index (χ2n) is 9.01. The molecule has 1 aromatic heterocycles. The molecule has 1 amide bonds. The van der Waals surface area contributed by atoms with Gasteiger partial charge in [0.25, 0.3) is 5.91 Å². The number of hydrogen-bond acceptors (Lipinski definition) is 7. The number of aryl methyl sites for hydroxylation is 2. The summed E-state index contributed by atoms with van der Waals surface area (Å²) >= 11 is 6.27. The van der Waals surface area contributed by atoms with Crippen LogP contribution in [0.4, 0.5) is 0 Å². The van der Waals surface area contributed by atoms with Crippen molar-refractivity contribution in [1.82, 2.24) is 14.9 Å². The Morgan fingerprint density at radius 3 is 2.44 bits per heavy atom. The van der Waals surface area contributed by atoms with Crippen molar-refractivity contribution >= 4 is 37.2 Å². The molecule has 11 heteroatoms. The van der Waals surface area contributed by atoms with Crippen LogP contribution in [0, 0.1) is 13.8 Å². The third-order valence-corrected chi connectivity index (χ3v) is 9.66. The van der Waals surface area contributed by atoms with Gasteiger partial charge in [-0.1, -0.05) is 65.7 Å². The van der Waals surface area contributed by atoms with Crippen molar-refractivity contribution in [2.24, 2.45) is 0 Å². The van der Waals surface area contributed by atoms with Crippen LogP contribution >= 0.6 is 11.6 Å². The van der Waals surface area contributed by atoms with E-state index in [4.69, 9.17) is 11.6 Å². The van der Waals surface area contributed by atoms with Crippen LogP contribution in [0.1, 0.15) is 39.2 Å². The molecule has 1 aliphatic rings. The van der Waals surface area contributed by atoms with Crippen molar-refractivity contribution in [3.63, 3.8) is 0 Å². The smallest absolute Gasteiger partial charge is 0.274 e. The summed E-state index contributed by atoms with van der Waals surface area (Å²) in [7, 11) is -7.27. The molecule has 8 nitrogen and oxygen atoms in total. The Kier molecular flexibility index (Phi) is 7.49. The van der Waals surface area contributed by atoms with Crippen LogP contribution in [0.15, 0.2) is 59.9 Å².